The van der Waals surface area contributed by atoms with Crippen molar-refractivity contribution in [2.75, 3.05) is 5.32 Å². The summed E-state index contributed by atoms with van der Waals surface area (Å²) in [6, 6.07) is 11.7. The molecule has 2 heterocycles. The number of hydrogen-bond acceptors (Lipinski definition) is 5. The molecule has 0 fully saturated rings. The first-order chi connectivity index (χ1) is 9.76. The largest absolute Gasteiger partial charge is 0.362 e. The molecule has 0 aliphatic rings. The van der Waals surface area contributed by atoms with Gasteiger partial charge in [-0.1, -0.05) is 18.2 Å². The second kappa shape index (κ2) is 4.97. The lowest BCUT2D eigenvalue weighted by atomic mass is 10.1. The van der Waals surface area contributed by atoms with Crippen LogP contribution >= 0.6 is 0 Å². The lowest BCUT2D eigenvalue weighted by molar-refractivity contribution is 0.747. The Labute approximate surface area is 115 Å². The fourth-order valence-corrected chi connectivity index (χ4v) is 1.96. The Hall–Kier alpha value is -2.94. The molecule has 6 nitrogen and oxygen atoms in total. The Morgan fingerprint density at radius 3 is 2.95 bits per heavy atom. The van der Waals surface area contributed by atoms with Gasteiger partial charge in [0.15, 0.2) is 5.82 Å². The zero-order valence-corrected chi connectivity index (χ0v) is 10.9. The highest BCUT2D eigenvalue weighted by Crippen LogP contribution is 2.19. The fraction of sp³-hybridized carbons (Fsp3) is 0.143. The van der Waals surface area contributed by atoms with Crippen LogP contribution in [0.15, 0.2) is 36.7 Å². The maximum Gasteiger partial charge on any atom is 0.169 e. The summed E-state index contributed by atoms with van der Waals surface area (Å²) in [6.07, 6.45) is 1.63. The molecule has 20 heavy (non-hydrogen) atoms. The standard InChI is InChI=1S/C14H12N6/c1-20-9-17-13(19-20)8-16-14-11(7-15)6-10-4-2-3-5-12(10)18-14/h2-6,9H,8H2,1H3,(H,16,18). The highest BCUT2D eigenvalue weighted by molar-refractivity contribution is 5.82. The van der Waals surface area contributed by atoms with Gasteiger partial charge in [-0.15, -0.1) is 0 Å². The van der Waals surface area contributed by atoms with Gasteiger partial charge in [0, 0.05) is 12.4 Å². The van der Waals surface area contributed by atoms with E-state index in [1.54, 1.807) is 11.0 Å². The SMILES string of the molecule is Cn1cnc(CNc2nc3ccccc3cc2C#N)n1. The van der Waals surface area contributed by atoms with Crippen molar-refractivity contribution in [2.45, 2.75) is 6.54 Å². The highest BCUT2D eigenvalue weighted by Gasteiger charge is 2.07. The molecule has 0 aliphatic heterocycles. The third kappa shape index (κ3) is 2.29. The number of pyridine rings is 1. The van der Waals surface area contributed by atoms with Gasteiger partial charge in [0.05, 0.1) is 17.6 Å². The second-order valence-corrected chi connectivity index (χ2v) is 4.38. The van der Waals surface area contributed by atoms with E-state index in [9.17, 15) is 5.26 Å². The van der Waals surface area contributed by atoms with E-state index >= 15 is 0 Å². The quantitative estimate of drug-likeness (QED) is 0.781. The number of hydrogen-bond donors (Lipinski definition) is 1. The van der Waals surface area contributed by atoms with Crippen molar-refractivity contribution in [3.05, 3.63) is 48.0 Å². The van der Waals surface area contributed by atoms with Crippen LogP contribution in [0.25, 0.3) is 10.9 Å². The molecule has 0 atom stereocenters. The van der Waals surface area contributed by atoms with Gasteiger partial charge in [-0.25, -0.2) is 9.97 Å². The van der Waals surface area contributed by atoms with E-state index in [-0.39, 0.29) is 0 Å². The van der Waals surface area contributed by atoms with Crippen LogP contribution in [0.2, 0.25) is 0 Å². The molecule has 6 heteroatoms. The molecule has 98 valence electrons. The number of rotatable bonds is 3. The van der Waals surface area contributed by atoms with Gasteiger partial charge < -0.3 is 5.32 Å². The Balaban J connectivity index is 1.92. The predicted molar refractivity (Wildman–Crippen MR) is 74.8 cm³/mol. The summed E-state index contributed by atoms with van der Waals surface area (Å²) >= 11 is 0. The lowest BCUT2D eigenvalue weighted by Gasteiger charge is -2.07. The Kier molecular flexibility index (Phi) is 3.01. The molecule has 0 saturated carbocycles. The van der Waals surface area contributed by atoms with E-state index in [4.69, 9.17) is 0 Å². The summed E-state index contributed by atoms with van der Waals surface area (Å²) < 4.78 is 1.63. The number of aromatic nitrogens is 4. The average Bonchev–Trinajstić information content (AvgIpc) is 2.89. The molecular weight excluding hydrogens is 252 g/mol. The molecule has 1 aromatic carbocycles. The molecule has 0 bridgehead atoms. The topological polar surface area (TPSA) is 79.4 Å². The molecule has 2 aromatic heterocycles. The molecule has 0 aliphatic carbocycles. The van der Waals surface area contributed by atoms with Crippen molar-refractivity contribution in [1.82, 2.24) is 19.7 Å². The lowest BCUT2D eigenvalue weighted by Crippen LogP contribution is -2.05. The molecule has 1 N–H and O–H groups in total. The second-order valence-electron chi connectivity index (χ2n) is 4.38. The highest BCUT2D eigenvalue weighted by atomic mass is 15.3. The number of nitrogens with zero attached hydrogens (tertiary/aromatic N) is 5. The van der Waals surface area contributed by atoms with E-state index in [1.807, 2.05) is 37.4 Å². The normalized spacial score (nSPS) is 10.4. The van der Waals surface area contributed by atoms with Crippen LogP contribution < -0.4 is 5.32 Å². The van der Waals surface area contributed by atoms with E-state index < -0.39 is 0 Å². The number of nitriles is 1. The van der Waals surface area contributed by atoms with Crippen molar-refractivity contribution in [1.29, 1.82) is 5.26 Å². The third-order valence-corrected chi connectivity index (χ3v) is 2.91. The summed E-state index contributed by atoms with van der Waals surface area (Å²) in [5, 5.41) is 17.5. The Morgan fingerprint density at radius 1 is 1.35 bits per heavy atom. The Morgan fingerprint density at radius 2 is 2.20 bits per heavy atom. The molecule has 0 amide bonds. The van der Waals surface area contributed by atoms with Crippen molar-refractivity contribution in [3.8, 4) is 6.07 Å². The minimum absolute atomic E-state index is 0.431. The summed E-state index contributed by atoms with van der Waals surface area (Å²) in [4.78, 5) is 8.60. The zero-order chi connectivity index (χ0) is 13.9. The van der Waals surface area contributed by atoms with Crippen LogP contribution in [0.1, 0.15) is 11.4 Å². The summed E-state index contributed by atoms with van der Waals surface area (Å²) in [6.45, 7) is 0.431. The third-order valence-electron chi connectivity index (χ3n) is 2.91. The van der Waals surface area contributed by atoms with Crippen molar-refractivity contribution >= 4 is 16.7 Å². The number of nitrogens with one attached hydrogen (secondary N) is 1. The minimum atomic E-state index is 0.431. The smallest absolute Gasteiger partial charge is 0.169 e. The van der Waals surface area contributed by atoms with E-state index in [2.05, 4.69) is 26.5 Å². The minimum Gasteiger partial charge on any atom is -0.362 e. The van der Waals surface area contributed by atoms with E-state index in [0.717, 1.165) is 10.9 Å². The van der Waals surface area contributed by atoms with E-state index in [0.29, 0.717) is 23.8 Å². The zero-order valence-electron chi connectivity index (χ0n) is 10.9. The molecule has 0 radical (unpaired) electrons. The number of aryl methyl sites for hydroxylation is 1. The first kappa shape index (κ1) is 12.1. The number of benzene rings is 1. The molecule has 3 rings (SSSR count). The van der Waals surface area contributed by atoms with Gasteiger partial charge in [-0.2, -0.15) is 10.4 Å². The Bertz CT molecular complexity index is 799. The van der Waals surface area contributed by atoms with Crippen LogP contribution in [0.5, 0.6) is 0 Å². The number of anilines is 1. The molecule has 0 spiro atoms. The molecule has 0 unspecified atom stereocenters. The van der Waals surface area contributed by atoms with Crippen molar-refractivity contribution < 1.29 is 0 Å². The van der Waals surface area contributed by atoms with Gasteiger partial charge >= 0.3 is 0 Å². The monoisotopic (exact) mass is 264 g/mol. The number of para-hydroxylation sites is 1. The maximum absolute atomic E-state index is 9.21. The van der Waals surface area contributed by atoms with Crippen LogP contribution in [0.3, 0.4) is 0 Å². The van der Waals surface area contributed by atoms with Gasteiger partial charge in [-0.05, 0) is 12.1 Å². The van der Waals surface area contributed by atoms with Gasteiger partial charge in [0.1, 0.15) is 18.2 Å². The van der Waals surface area contributed by atoms with Gasteiger partial charge in [-0.3, -0.25) is 4.68 Å². The van der Waals surface area contributed by atoms with Crippen molar-refractivity contribution in [2.24, 2.45) is 7.05 Å². The van der Waals surface area contributed by atoms with Crippen LogP contribution in [0.4, 0.5) is 5.82 Å². The number of fused-ring (bicyclic) bond motifs is 1. The van der Waals surface area contributed by atoms with E-state index in [1.165, 1.54) is 0 Å². The van der Waals surface area contributed by atoms with Crippen molar-refractivity contribution in [3.63, 3.8) is 0 Å². The first-order valence-corrected chi connectivity index (χ1v) is 6.14. The van der Waals surface area contributed by atoms with Gasteiger partial charge in [0.25, 0.3) is 0 Å². The fourth-order valence-electron chi connectivity index (χ4n) is 1.96. The molecule has 3 aromatic rings. The summed E-state index contributed by atoms with van der Waals surface area (Å²) in [5.41, 5.74) is 1.36. The summed E-state index contributed by atoms with van der Waals surface area (Å²) in [5.74, 6) is 1.21. The molecule has 0 saturated heterocycles. The van der Waals surface area contributed by atoms with Crippen LogP contribution in [-0.2, 0) is 13.6 Å². The summed E-state index contributed by atoms with van der Waals surface area (Å²) in [7, 11) is 1.81. The molecular formula is C14H12N6. The first-order valence-electron chi connectivity index (χ1n) is 6.14. The maximum atomic E-state index is 9.21. The van der Waals surface area contributed by atoms with Crippen LogP contribution in [0, 0.1) is 11.3 Å². The average molecular weight is 264 g/mol. The predicted octanol–water partition coefficient (Wildman–Crippen LogP) is 1.85. The van der Waals surface area contributed by atoms with Gasteiger partial charge in [0.2, 0.25) is 0 Å². The van der Waals surface area contributed by atoms with Crippen LogP contribution in [-0.4, -0.2) is 19.7 Å².